The molecule has 1 heterocycles. The third-order valence-electron chi connectivity index (χ3n) is 3.63. The van der Waals surface area contributed by atoms with Gasteiger partial charge >= 0.3 is 0 Å². The first-order chi connectivity index (χ1) is 9.40. The van der Waals surface area contributed by atoms with Crippen LogP contribution in [0, 0.1) is 5.92 Å². The third-order valence-corrected chi connectivity index (χ3v) is 3.63. The zero-order chi connectivity index (χ0) is 13.3. The standard InChI is InChI=1S/C16H25NO2/c1-2-17-16(15-6-4-3-5-7-15)13-19-12-14-8-10-18-11-9-14/h3-7,14,16-17H,2,8-13H2,1H3. The molecule has 3 nitrogen and oxygen atoms in total. The Hall–Kier alpha value is -0.900. The van der Waals surface area contributed by atoms with Crippen LogP contribution in [0.3, 0.4) is 0 Å². The fourth-order valence-corrected chi connectivity index (χ4v) is 2.47. The molecule has 1 saturated heterocycles. The van der Waals surface area contributed by atoms with E-state index in [2.05, 4.69) is 42.6 Å². The molecule has 106 valence electrons. The molecule has 0 saturated carbocycles. The number of ether oxygens (including phenoxy) is 2. The van der Waals surface area contributed by atoms with Crippen molar-refractivity contribution < 1.29 is 9.47 Å². The molecule has 19 heavy (non-hydrogen) atoms. The molecule has 0 amide bonds. The summed E-state index contributed by atoms with van der Waals surface area (Å²) in [5.41, 5.74) is 1.30. The number of hydrogen-bond acceptors (Lipinski definition) is 3. The maximum atomic E-state index is 5.92. The van der Waals surface area contributed by atoms with Crippen LogP contribution in [0.25, 0.3) is 0 Å². The highest BCUT2D eigenvalue weighted by molar-refractivity contribution is 5.18. The predicted molar refractivity (Wildman–Crippen MR) is 77.2 cm³/mol. The predicted octanol–water partition coefficient (Wildman–Crippen LogP) is 2.78. The summed E-state index contributed by atoms with van der Waals surface area (Å²) >= 11 is 0. The summed E-state index contributed by atoms with van der Waals surface area (Å²) in [4.78, 5) is 0. The van der Waals surface area contributed by atoms with Gasteiger partial charge in [-0.15, -0.1) is 0 Å². The molecule has 0 aliphatic carbocycles. The van der Waals surface area contributed by atoms with E-state index in [0.29, 0.717) is 12.0 Å². The molecule has 1 aliphatic rings. The first kappa shape index (κ1) is 14.5. The number of nitrogens with one attached hydrogen (secondary N) is 1. The summed E-state index contributed by atoms with van der Waals surface area (Å²) < 4.78 is 11.3. The van der Waals surface area contributed by atoms with Crippen LogP contribution in [0.1, 0.15) is 31.4 Å². The lowest BCUT2D eigenvalue weighted by Crippen LogP contribution is -2.27. The summed E-state index contributed by atoms with van der Waals surface area (Å²) in [7, 11) is 0. The highest BCUT2D eigenvalue weighted by Gasteiger charge is 2.15. The molecular weight excluding hydrogens is 238 g/mol. The molecule has 1 N–H and O–H groups in total. The normalized spacial score (nSPS) is 18.4. The molecule has 1 aromatic carbocycles. The van der Waals surface area contributed by atoms with E-state index in [4.69, 9.17) is 9.47 Å². The van der Waals surface area contributed by atoms with Crippen molar-refractivity contribution in [3.8, 4) is 0 Å². The van der Waals surface area contributed by atoms with Crippen LogP contribution in [0.15, 0.2) is 30.3 Å². The van der Waals surface area contributed by atoms with Crippen LogP contribution in [0.2, 0.25) is 0 Å². The molecule has 2 rings (SSSR count). The Morgan fingerprint density at radius 3 is 2.68 bits per heavy atom. The molecule has 1 fully saturated rings. The molecule has 0 radical (unpaired) electrons. The van der Waals surface area contributed by atoms with Gasteiger partial charge in [0.1, 0.15) is 0 Å². The SMILES string of the molecule is CCNC(COCC1CCOCC1)c1ccccc1. The van der Waals surface area contributed by atoms with Gasteiger partial charge in [0.05, 0.1) is 12.6 Å². The Kier molecular flexibility index (Phi) is 6.34. The number of benzene rings is 1. The fourth-order valence-electron chi connectivity index (χ4n) is 2.47. The highest BCUT2D eigenvalue weighted by Crippen LogP contribution is 2.17. The van der Waals surface area contributed by atoms with E-state index in [-0.39, 0.29) is 0 Å². The Labute approximate surface area is 116 Å². The van der Waals surface area contributed by atoms with Crippen molar-refractivity contribution in [1.29, 1.82) is 0 Å². The Morgan fingerprint density at radius 1 is 1.26 bits per heavy atom. The molecule has 0 aromatic heterocycles. The van der Waals surface area contributed by atoms with E-state index in [1.807, 2.05) is 0 Å². The van der Waals surface area contributed by atoms with E-state index >= 15 is 0 Å². The second kappa shape index (κ2) is 8.31. The largest absolute Gasteiger partial charge is 0.381 e. The minimum absolute atomic E-state index is 0.297. The smallest absolute Gasteiger partial charge is 0.0661 e. The van der Waals surface area contributed by atoms with Gasteiger partial charge in [-0.1, -0.05) is 37.3 Å². The van der Waals surface area contributed by atoms with Crippen molar-refractivity contribution in [2.75, 3.05) is 33.0 Å². The van der Waals surface area contributed by atoms with Crippen molar-refractivity contribution in [2.45, 2.75) is 25.8 Å². The zero-order valence-corrected chi connectivity index (χ0v) is 11.8. The first-order valence-electron chi connectivity index (χ1n) is 7.34. The van der Waals surface area contributed by atoms with E-state index in [9.17, 15) is 0 Å². The van der Waals surface area contributed by atoms with E-state index < -0.39 is 0 Å². The lowest BCUT2D eigenvalue weighted by molar-refractivity contribution is 0.0152. The first-order valence-corrected chi connectivity index (χ1v) is 7.34. The van der Waals surface area contributed by atoms with Gasteiger partial charge in [-0.2, -0.15) is 0 Å². The molecule has 0 spiro atoms. The van der Waals surface area contributed by atoms with Crippen LogP contribution in [-0.2, 0) is 9.47 Å². The number of likely N-dealkylation sites (N-methyl/N-ethyl adjacent to an activating group) is 1. The van der Waals surface area contributed by atoms with Gasteiger partial charge in [-0.25, -0.2) is 0 Å². The minimum atomic E-state index is 0.297. The average Bonchev–Trinajstić information content (AvgIpc) is 2.48. The van der Waals surface area contributed by atoms with Gasteiger partial charge in [-0.3, -0.25) is 0 Å². The fraction of sp³-hybridized carbons (Fsp3) is 0.625. The highest BCUT2D eigenvalue weighted by atomic mass is 16.5. The Bertz CT molecular complexity index is 336. The second-order valence-electron chi connectivity index (χ2n) is 5.11. The van der Waals surface area contributed by atoms with Gasteiger partial charge in [0.25, 0.3) is 0 Å². The van der Waals surface area contributed by atoms with Gasteiger partial charge < -0.3 is 14.8 Å². The molecular formula is C16H25NO2. The summed E-state index contributed by atoms with van der Waals surface area (Å²) in [5, 5.41) is 3.49. The van der Waals surface area contributed by atoms with E-state index in [1.165, 1.54) is 5.56 Å². The van der Waals surface area contributed by atoms with Crippen molar-refractivity contribution in [1.82, 2.24) is 5.32 Å². The third kappa shape index (κ3) is 4.94. The average molecular weight is 263 g/mol. The van der Waals surface area contributed by atoms with Gasteiger partial charge in [0.15, 0.2) is 0 Å². The molecule has 1 aromatic rings. The molecule has 3 heteroatoms. The summed E-state index contributed by atoms with van der Waals surface area (Å²) in [5.74, 6) is 0.673. The lowest BCUT2D eigenvalue weighted by atomic mass is 10.0. The summed E-state index contributed by atoms with van der Waals surface area (Å²) in [6.07, 6.45) is 2.27. The minimum Gasteiger partial charge on any atom is -0.381 e. The van der Waals surface area contributed by atoms with Gasteiger partial charge in [0.2, 0.25) is 0 Å². The molecule has 0 bridgehead atoms. The van der Waals surface area contributed by atoms with E-state index in [1.54, 1.807) is 0 Å². The molecule has 1 unspecified atom stereocenters. The molecule has 1 atom stereocenters. The van der Waals surface area contributed by atoms with Crippen LogP contribution < -0.4 is 5.32 Å². The Balaban J connectivity index is 1.77. The van der Waals surface area contributed by atoms with Crippen LogP contribution in [0.4, 0.5) is 0 Å². The lowest BCUT2D eigenvalue weighted by Gasteiger charge is -2.24. The summed E-state index contributed by atoms with van der Waals surface area (Å²) in [6.45, 7) is 6.48. The monoisotopic (exact) mass is 263 g/mol. The van der Waals surface area contributed by atoms with Crippen molar-refractivity contribution >= 4 is 0 Å². The second-order valence-corrected chi connectivity index (χ2v) is 5.11. The maximum absolute atomic E-state index is 5.92. The van der Waals surface area contributed by atoms with Crippen LogP contribution in [-0.4, -0.2) is 33.0 Å². The van der Waals surface area contributed by atoms with Crippen molar-refractivity contribution in [3.05, 3.63) is 35.9 Å². The molecule has 1 aliphatic heterocycles. The van der Waals surface area contributed by atoms with Gasteiger partial charge in [0, 0.05) is 19.8 Å². The van der Waals surface area contributed by atoms with Gasteiger partial charge in [-0.05, 0) is 30.9 Å². The maximum Gasteiger partial charge on any atom is 0.0661 e. The van der Waals surface area contributed by atoms with Crippen molar-refractivity contribution in [3.63, 3.8) is 0 Å². The summed E-state index contributed by atoms with van der Waals surface area (Å²) in [6, 6.07) is 10.8. The van der Waals surface area contributed by atoms with Crippen molar-refractivity contribution in [2.24, 2.45) is 5.92 Å². The van der Waals surface area contributed by atoms with Crippen LogP contribution in [0.5, 0.6) is 0 Å². The Morgan fingerprint density at radius 2 is 2.00 bits per heavy atom. The zero-order valence-electron chi connectivity index (χ0n) is 11.8. The number of hydrogen-bond donors (Lipinski definition) is 1. The van der Waals surface area contributed by atoms with Crippen LogP contribution >= 0.6 is 0 Å². The van der Waals surface area contributed by atoms with E-state index in [0.717, 1.165) is 45.8 Å². The topological polar surface area (TPSA) is 30.5 Å². The number of rotatable bonds is 7. The quantitative estimate of drug-likeness (QED) is 0.820.